The molecule has 19 heteroatoms. The third kappa shape index (κ3) is 57.6. The van der Waals surface area contributed by atoms with Crippen molar-refractivity contribution in [2.24, 2.45) is 11.8 Å². The average molecular weight is 1230 g/mol. The molecule has 0 amide bonds. The molecule has 0 aliphatic heterocycles. The van der Waals surface area contributed by atoms with E-state index in [1.807, 2.05) is 0 Å². The second-order valence-electron chi connectivity index (χ2n) is 23.9. The number of aliphatic hydroxyl groups excluding tert-OH is 1. The molecule has 0 radical (unpaired) electrons. The fraction of sp³-hybridized carbons (Fsp3) is 0.938. The van der Waals surface area contributed by atoms with Crippen LogP contribution in [0.2, 0.25) is 0 Å². The van der Waals surface area contributed by atoms with Crippen molar-refractivity contribution in [3.8, 4) is 0 Å². The standard InChI is InChI=1S/C64H124O17P2/c1-7-10-12-14-16-17-18-19-20-21-24-29-36-42-48-63(68)80-59(53-75-62(67)47-41-35-28-25-22-23-27-32-38-44-56(4)5)54-78-82(70,71)76-50-58(65)51-77-83(72,73)79-55-60(52-74-61(66)46-40-34-26-15-13-11-8-2)81-64(69)49-43-37-31-30-33-39-45-57(6)9-3/h56-60,65H,7-55H2,1-6H3,(H,70,71)(H,72,73)/t57?,58-,59-,60-/m1/s1. The van der Waals surface area contributed by atoms with Gasteiger partial charge >= 0.3 is 39.5 Å². The average Bonchev–Trinajstić information content (AvgIpc) is 3.46. The van der Waals surface area contributed by atoms with Crippen molar-refractivity contribution in [2.75, 3.05) is 39.6 Å². The van der Waals surface area contributed by atoms with E-state index < -0.39 is 97.5 Å². The van der Waals surface area contributed by atoms with Crippen LogP contribution in [0, 0.1) is 11.8 Å². The van der Waals surface area contributed by atoms with Crippen LogP contribution in [0.5, 0.6) is 0 Å². The Morgan fingerprint density at radius 1 is 0.349 bits per heavy atom. The van der Waals surface area contributed by atoms with Crippen molar-refractivity contribution in [2.45, 2.75) is 336 Å². The number of phosphoric ester groups is 2. The van der Waals surface area contributed by atoms with Crippen molar-refractivity contribution >= 4 is 39.5 Å². The predicted molar refractivity (Wildman–Crippen MR) is 331 cm³/mol. The molecule has 0 rings (SSSR count). The van der Waals surface area contributed by atoms with Crippen LogP contribution in [-0.2, 0) is 65.4 Å². The van der Waals surface area contributed by atoms with Crippen LogP contribution in [0.3, 0.4) is 0 Å². The highest BCUT2D eigenvalue weighted by molar-refractivity contribution is 7.47. The molecule has 6 atom stereocenters. The van der Waals surface area contributed by atoms with Crippen LogP contribution in [0.4, 0.5) is 0 Å². The summed E-state index contributed by atoms with van der Waals surface area (Å²) >= 11 is 0. The molecule has 0 aromatic carbocycles. The molecule has 83 heavy (non-hydrogen) atoms. The quantitative estimate of drug-likeness (QED) is 0.0222. The van der Waals surface area contributed by atoms with Gasteiger partial charge in [0.2, 0.25) is 0 Å². The molecular formula is C64H124O17P2. The summed E-state index contributed by atoms with van der Waals surface area (Å²) in [4.78, 5) is 72.1. The molecule has 0 aromatic heterocycles. The Morgan fingerprint density at radius 2 is 0.614 bits per heavy atom. The summed E-state index contributed by atoms with van der Waals surface area (Å²) < 4.78 is 67.9. The van der Waals surface area contributed by atoms with E-state index in [1.165, 1.54) is 122 Å². The molecule has 492 valence electrons. The lowest BCUT2D eigenvalue weighted by molar-refractivity contribution is -0.161. The number of unbranched alkanes of at least 4 members (excludes halogenated alkanes) is 32. The van der Waals surface area contributed by atoms with Gasteiger partial charge in [0, 0.05) is 25.7 Å². The summed E-state index contributed by atoms with van der Waals surface area (Å²) in [5, 5.41) is 10.5. The number of phosphoric acid groups is 2. The first-order chi connectivity index (χ1) is 39.9. The van der Waals surface area contributed by atoms with E-state index in [1.54, 1.807) is 0 Å². The Morgan fingerprint density at radius 3 is 0.916 bits per heavy atom. The Kier molecular flexibility index (Phi) is 55.2. The molecule has 3 N–H and O–H groups in total. The zero-order valence-corrected chi connectivity index (χ0v) is 55.3. The zero-order chi connectivity index (χ0) is 61.5. The number of hydrogen-bond acceptors (Lipinski definition) is 15. The number of ether oxygens (including phenoxy) is 4. The fourth-order valence-electron chi connectivity index (χ4n) is 9.50. The predicted octanol–water partition coefficient (Wildman–Crippen LogP) is 17.7. The lowest BCUT2D eigenvalue weighted by Crippen LogP contribution is -2.30. The molecule has 0 spiro atoms. The van der Waals surface area contributed by atoms with E-state index >= 15 is 0 Å². The maximum Gasteiger partial charge on any atom is 0.472 e. The van der Waals surface area contributed by atoms with E-state index in [2.05, 4.69) is 41.5 Å². The van der Waals surface area contributed by atoms with Crippen molar-refractivity contribution in [3.05, 3.63) is 0 Å². The topological polar surface area (TPSA) is 237 Å². The van der Waals surface area contributed by atoms with Crippen molar-refractivity contribution in [3.63, 3.8) is 0 Å². The lowest BCUT2D eigenvalue weighted by Gasteiger charge is -2.21. The van der Waals surface area contributed by atoms with Crippen molar-refractivity contribution in [1.82, 2.24) is 0 Å². The molecule has 0 saturated heterocycles. The van der Waals surface area contributed by atoms with E-state index in [9.17, 15) is 43.2 Å². The molecule has 0 fully saturated rings. The van der Waals surface area contributed by atoms with Gasteiger partial charge < -0.3 is 33.8 Å². The van der Waals surface area contributed by atoms with Crippen LogP contribution in [0.1, 0.15) is 318 Å². The Bertz CT molecular complexity index is 1630. The van der Waals surface area contributed by atoms with Gasteiger partial charge in [-0.3, -0.25) is 37.3 Å². The van der Waals surface area contributed by atoms with E-state index in [4.69, 9.17) is 37.0 Å². The highest BCUT2D eigenvalue weighted by atomic mass is 31.2. The van der Waals surface area contributed by atoms with E-state index in [0.29, 0.717) is 25.7 Å². The largest absolute Gasteiger partial charge is 0.472 e. The maximum absolute atomic E-state index is 13.0. The number of aliphatic hydroxyl groups is 1. The molecule has 0 aliphatic rings. The third-order valence-corrected chi connectivity index (χ3v) is 17.0. The van der Waals surface area contributed by atoms with E-state index in [-0.39, 0.29) is 25.7 Å². The highest BCUT2D eigenvalue weighted by Gasteiger charge is 2.30. The summed E-state index contributed by atoms with van der Waals surface area (Å²) in [7, 11) is -9.88. The monoisotopic (exact) mass is 1230 g/mol. The lowest BCUT2D eigenvalue weighted by atomic mass is 10.00. The number of carbonyl (C=O) groups is 4. The second kappa shape index (κ2) is 56.6. The van der Waals surface area contributed by atoms with Gasteiger partial charge in [0.25, 0.3) is 0 Å². The first-order valence-electron chi connectivity index (χ1n) is 33.5. The molecule has 0 bridgehead atoms. The SMILES string of the molecule is CCCCCCCCCCCCCCCCC(=O)O[C@H](COC(=O)CCCCCCCCCCCC(C)C)COP(=O)(O)OC[C@@H](O)COP(=O)(O)OC[C@@H](COC(=O)CCCCCCCCC)OC(=O)CCCCCCCCC(C)CC. The fourth-order valence-corrected chi connectivity index (χ4v) is 11.1. The minimum atomic E-state index is -4.94. The molecule has 0 saturated carbocycles. The van der Waals surface area contributed by atoms with Crippen LogP contribution >= 0.6 is 15.6 Å². The molecule has 0 aliphatic carbocycles. The Balaban J connectivity index is 5.22. The number of carbonyl (C=O) groups excluding carboxylic acids is 4. The van der Waals surface area contributed by atoms with Crippen molar-refractivity contribution in [1.29, 1.82) is 0 Å². The smallest absolute Gasteiger partial charge is 0.462 e. The molecule has 3 unspecified atom stereocenters. The van der Waals surface area contributed by atoms with Gasteiger partial charge in [-0.1, -0.05) is 266 Å². The zero-order valence-electron chi connectivity index (χ0n) is 53.5. The molecule has 0 heterocycles. The van der Waals surface area contributed by atoms with Gasteiger partial charge in [0.05, 0.1) is 26.4 Å². The Hall–Kier alpha value is -1.94. The normalized spacial score (nSPS) is 14.6. The summed E-state index contributed by atoms with van der Waals surface area (Å²) in [5.74, 6) is -0.675. The van der Waals surface area contributed by atoms with Gasteiger partial charge in [-0.25, -0.2) is 9.13 Å². The van der Waals surface area contributed by atoms with Crippen molar-refractivity contribution < 1.29 is 80.2 Å². The van der Waals surface area contributed by atoms with Gasteiger partial charge in [-0.05, 0) is 37.5 Å². The number of rotatable bonds is 63. The van der Waals surface area contributed by atoms with Gasteiger partial charge in [0.1, 0.15) is 19.3 Å². The van der Waals surface area contributed by atoms with Gasteiger partial charge in [0.15, 0.2) is 12.2 Å². The summed E-state index contributed by atoms with van der Waals surface area (Å²) in [6.45, 7) is 9.39. The van der Waals surface area contributed by atoms with Crippen LogP contribution in [0.15, 0.2) is 0 Å². The minimum absolute atomic E-state index is 0.102. The molecule has 0 aromatic rings. The summed E-state index contributed by atoms with van der Waals surface area (Å²) in [5.41, 5.74) is 0. The van der Waals surface area contributed by atoms with Crippen LogP contribution in [-0.4, -0.2) is 96.7 Å². The minimum Gasteiger partial charge on any atom is -0.462 e. The first-order valence-corrected chi connectivity index (χ1v) is 36.5. The summed E-state index contributed by atoms with van der Waals surface area (Å²) in [6, 6.07) is 0. The van der Waals surface area contributed by atoms with Gasteiger partial charge in [-0.15, -0.1) is 0 Å². The van der Waals surface area contributed by atoms with E-state index in [0.717, 1.165) is 115 Å². The second-order valence-corrected chi connectivity index (χ2v) is 26.8. The Labute approximate surface area is 505 Å². The molecular weight excluding hydrogens is 1100 g/mol. The third-order valence-electron chi connectivity index (χ3n) is 15.1. The highest BCUT2D eigenvalue weighted by Crippen LogP contribution is 2.45. The van der Waals surface area contributed by atoms with Gasteiger partial charge in [-0.2, -0.15) is 0 Å². The number of hydrogen-bond donors (Lipinski definition) is 3. The molecule has 17 nitrogen and oxygen atoms in total. The number of esters is 4. The van der Waals surface area contributed by atoms with Crippen LogP contribution in [0.25, 0.3) is 0 Å². The maximum atomic E-state index is 13.0. The summed E-state index contributed by atoms with van der Waals surface area (Å²) in [6.07, 6.45) is 39.1. The first kappa shape index (κ1) is 81.1. The van der Waals surface area contributed by atoms with Crippen LogP contribution < -0.4 is 0 Å².